The average Bonchev–Trinajstić information content (AvgIpc) is 3.36. The van der Waals surface area contributed by atoms with Crippen molar-refractivity contribution < 1.29 is 9.59 Å². The molecule has 13 heteroatoms. The number of benzene rings is 2. The summed E-state index contributed by atoms with van der Waals surface area (Å²) in [5.74, 6) is -0.860. The number of carbonyl (C=O) groups is 2. The van der Waals surface area contributed by atoms with E-state index in [9.17, 15) is 14.9 Å². The molecule has 3 N–H and O–H groups in total. The molecule has 1 amide bonds. The summed E-state index contributed by atoms with van der Waals surface area (Å²) in [6.45, 7) is 4.02. The van der Waals surface area contributed by atoms with Gasteiger partial charge in [0.05, 0.1) is 34.0 Å². The molecule has 2 heterocycles. The number of halogens is 3. The van der Waals surface area contributed by atoms with E-state index < -0.39 is 5.92 Å². The number of amides is 1. The normalized spacial score (nSPS) is 18.3. The minimum absolute atomic E-state index is 0.0746. The Kier molecular flexibility index (Phi) is 8.37. The summed E-state index contributed by atoms with van der Waals surface area (Å²) in [7, 11) is 0. The molecule has 8 nitrogen and oxygen atoms in total. The number of nitrogens with two attached hydrogens (primary N) is 1. The minimum Gasteiger partial charge on any atom is -0.384 e. The lowest BCUT2D eigenvalue weighted by molar-refractivity contribution is -0.118. The number of carbonyl (C=O) groups excluding carboxylic acids is 2. The summed E-state index contributed by atoms with van der Waals surface area (Å²) in [6, 6.07) is 14.2. The lowest BCUT2D eigenvalue weighted by atomic mass is 9.68. The van der Waals surface area contributed by atoms with Crippen LogP contribution in [0.25, 0.3) is 0 Å². The summed E-state index contributed by atoms with van der Waals surface area (Å²) < 4.78 is 0.520. The fourth-order valence-corrected chi connectivity index (χ4v) is 7.38. The molecule has 0 fully saturated rings. The fourth-order valence-electron chi connectivity index (χ4n) is 5.00. The molecule has 41 heavy (non-hydrogen) atoms. The number of allylic oxidation sites excluding steroid dienone is 3. The highest BCUT2D eigenvalue weighted by molar-refractivity contribution is 8.01. The summed E-state index contributed by atoms with van der Waals surface area (Å²) in [5.41, 5.74) is 8.71. The number of nitrogens with zero attached hydrogens (tertiary/aromatic N) is 4. The number of para-hydroxylation sites is 1. The number of rotatable bonds is 6. The Balaban J connectivity index is 1.49. The van der Waals surface area contributed by atoms with Crippen molar-refractivity contribution in [3.63, 3.8) is 0 Å². The van der Waals surface area contributed by atoms with E-state index in [4.69, 9.17) is 40.5 Å². The molecule has 0 saturated carbocycles. The first-order valence-corrected chi connectivity index (χ1v) is 15.3. The highest BCUT2D eigenvalue weighted by atomic mass is 35.5. The maximum absolute atomic E-state index is 13.7. The Hall–Kier alpha value is -3.07. The van der Waals surface area contributed by atoms with Crippen LogP contribution >= 0.6 is 57.9 Å². The SMILES string of the molecule is CC1(C)CC(=O)C2=C(C1)N(c1nnc(SCC(=O)Nc3ccccc3Cl)s1)C(N)=C(C#N)C2c1ccc(Cl)cc1Cl. The Morgan fingerprint density at radius 3 is 2.66 bits per heavy atom. The fraction of sp³-hybridized carbons (Fsp3) is 0.250. The van der Waals surface area contributed by atoms with Gasteiger partial charge in [-0.3, -0.25) is 14.5 Å². The van der Waals surface area contributed by atoms with E-state index in [1.165, 1.54) is 23.1 Å². The van der Waals surface area contributed by atoms with Crippen LogP contribution in [-0.4, -0.2) is 27.6 Å². The molecule has 5 rings (SSSR count). The molecule has 2 aromatic carbocycles. The van der Waals surface area contributed by atoms with Gasteiger partial charge in [-0.25, -0.2) is 0 Å². The molecule has 1 unspecified atom stereocenters. The van der Waals surface area contributed by atoms with Gasteiger partial charge in [-0.1, -0.05) is 89.9 Å². The van der Waals surface area contributed by atoms with Crippen LogP contribution in [0.15, 0.2) is 69.5 Å². The van der Waals surface area contributed by atoms with Crippen LogP contribution in [0.5, 0.6) is 0 Å². The number of aromatic nitrogens is 2. The van der Waals surface area contributed by atoms with Gasteiger partial charge in [0.25, 0.3) is 0 Å². The maximum atomic E-state index is 13.7. The molecule has 1 aromatic heterocycles. The van der Waals surface area contributed by atoms with Crippen molar-refractivity contribution in [2.75, 3.05) is 16.0 Å². The van der Waals surface area contributed by atoms with Crippen molar-refractivity contribution in [1.29, 1.82) is 5.26 Å². The Morgan fingerprint density at radius 2 is 1.95 bits per heavy atom. The molecule has 0 radical (unpaired) electrons. The van der Waals surface area contributed by atoms with Crippen molar-refractivity contribution in [3.05, 3.63) is 85.8 Å². The molecule has 2 aliphatic rings. The second kappa shape index (κ2) is 11.7. The molecule has 1 atom stereocenters. The molecular weight excluding hydrogens is 623 g/mol. The number of hydrogen-bond acceptors (Lipinski definition) is 9. The monoisotopic (exact) mass is 644 g/mol. The van der Waals surface area contributed by atoms with Crippen LogP contribution in [-0.2, 0) is 9.59 Å². The number of Topliss-reactive ketones (excluding diaryl/α,β-unsaturated/α-hetero) is 1. The summed E-state index contributed by atoms with van der Waals surface area (Å²) >= 11 is 21.3. The van der Waals surface area contributed by atoms with E-state index in [-0.39, 0.29) is 34.3 Å². The zero-order valence-corrected chi connectivity index (χ0v) is 25.8. The van der Waals surface area contributed by atoms with E-state index in [2.05, 4.69) is 21.6 Å². The van der Waals surface area contributed by atoms with Gasteiger partial charge in [-0.05, 0) is 41.7 Å². The number of hydrogen-bond donors (Lipinski definition) is 2. The average molecular weight is 646 g/mol. The predicted octanol–water partition coefficient (Wildman–Crippen LogP) is 7.17. The first kappa shape index (κ1) is 29.4. The molecule has 3 aromatic rings. The quantitative estimate of drug-likeness (QED) is 0.270. The Bertz CT molecular complexity index is 1680. The largest absolute Gasteiger partial charge is 0.384 e. The van der Waals surface area contributed by atoms with Crippen molar-refractivity contribution >= 4 is 80.4 Å². The lowest BCUT2D eigenvalue weighted by Crippen LogP contribution is -2.42. The van der Waals surface area contributed by atoms with E-state index in [0.717, 1.165) is 0 Å². The number of ketones is 1. The molecule has 1 aliphatic heterocycles. The minimum atomic E-state index is -0.741. The molecule has 0 bridgehead atoms. The van der Waals surface area contributed by atoms with Crippen LogP contribution in [0.4, 0.5) is 10.8 Å². The highest BCUT2D eigenvalue weighted by Crippen LogP contribution is 2.51. The second-order valence-electron chi connectivity index (χ2n) is 10.3. The predicted molar refractivity (Wildman–Crippen MR) is 164 cm³/mol. The van der Waals surface area contributed by atoms with Gasteiger partial charge in [0.15, 0.2) is 10.1 Å². The molecule has 0 spiro atoms. The second-order valence-corrected chi connectivity index (χ2v) is 13.7. The van der Waals surface area contributed by atoms with E-state index >= 15 is 0 Å². The van der Waals surface area contributed by atoms with Gasteiger partial charge in [-0.15, -0.1) is 10.2 Å². The van der Waals surface area contributed by atoms with Gasteiger partial charge < -0.3 is 11.1 Å². The Morgan fingerprint density at radius 1 is 1.20 bits per heavy atom. The molecule has 210 valence electrons. The smallest absolute Gasteiger partial charge is 0.234 e. The summed E-state index contributed by atoms with van der Waals surface area (Å²) in [6.07, 6.45) is 0.815. The highest BCUT2D eigenvalue weighted by Gasteiger charge is 2.46. The van der Waals surface area contributed by atoms with E-state index in [0.29, 0.717) is 59.9 Å². The maximum Gasteiger partial charge on any atom is 0.234 e. The third-order valence-corrected chi connectivity index (χ3v) is 9.65. The van der Waals surface area contributed by atoms with Gasteiger partial charge >= 0.3 is 0 Å². The van der Waals surface area contributed by atoms with Crippen LogP contribution in [0, 0.1) is 16.7 Å². The van der Waals surface area contributed by atoms with Crippen LogP contribution in [0.3, 0.4) is 0 Å². The topological polar surface area (TPSA) is 125 Å². The number of nitriles is 1. The van der Waals surface area contributed by atoms with Crippen molar-refractivity contribution in [2.24, 2.45) is 11.1 Å². The van der Waals surface area contributed by atoms with Gasteiger partial charge in [0, 0.05) is 27.7 Å². The third kappa shape index (κ3) is 5.96. The third-order valence-electron chi connectivity index (χ3n) is 6.72. The molecular formula is C28H23Cl3N6O2S2. The van der Waals surface area contributed by atoms with Crippen LogP contribution in [0.2, 0.25) is 15.1 Å². The molecule has 1 aliphatic carbocycles. The first-order valence-electron chi connectivity index (χ1n) is 12.4. The standard InChI is InChI=1S/C28H23Cl3N6O2S2/c1-28(2)10-20-24(21(38)11-28)23(15-8-7-14(29)9-18(15)31)16(12-32)25(33)37(20)26-35-36-27(41-26)40-13-22(39)34-19-6-4-3-5-17(19)30/h3-9,23H,10-11,13,33H2,1-2H3,(H,34,39). The zero-order valence-electron chi connectivity index (χ0n) is 21.9. The molecule has 0 saturated heterocycles. The van der Waals surface area contributed by atoms with E-state index in [1.54, 1.807) is 47.4 Å². The van der Waals surface area contributed by atoms with Crippen molar-refractivity contribution in [2.45, 2.75) is 36.9 Å². The number of thioether (sulfide) groups is 1. The van der Waals surface area contributed by atoms with Gasteiger partial charge in [0.1, 0.15) is 5.82 Å². The summed E-state index contributed by atoms with van der Waals surface area (Å²) in [5, 5.41) is 23.2. The van der Waals surface area contributed by atoms with Gasteiger partial charge in [-0.2, -0.15) is 5.26 Å². The Labute approximate surface area is 260 Å². The van der Waals surface area contributed by atoms with Crippen molar-refractivity contribution in [3.8, 4) is 6.07 Å². The zero-order chi connectivity index (χ0) is 29.5. The first-order chi connectivity index (χ1) is 19.5. The van der Waals surface area contributed by atoms with Gasteiger partial charge in [0.2, 0.25) is 11.0 Å². The van der Waals surface area contributed by atoms with Crippen LogP contribution < -0.4 is 16.0 Å². The number of anilines is 2. The number of nitrogens with one attached hydrogen (secondary N) is 1. The van der Waals surface area contributed by atoms with Crippen molar-refractivity contribution in [1.82, 2.24) is 10.2 Å². The van der Waals surface area contributed by atoms with E-state index in [1.807, 2.05) is 13.8 Å². The van der Waals surface area contributed by atoms with Crippen LogP contribution in [0.1, 0.15) is 38.2 Å². The lowest BCUT2D eigenvalue weighted by Gasteiger charge is -2.42. The summed E-state index contributed by atoms with van der Waals surface area (Å²) in [4.78, 5) is 27.9.